The molecule has 4 heteroatoms. The number of nitrogens with zero attached hydrogens (tertiary/aromatic N) is 2. The van der Waals surface area contributed by atoms with Gasteiger partial charge in [0.2, 0.25) is 5.78 Å². The molecule has 0 aliphatic heterocycles. The van der Waals surface area contributed by atoms with Crippen LogP contribution in [0.2, 0.25) is 0 Å². The summed E-state index contributed by atoms with van der Waals surface area (Å²) in [5.74, 6) is -0.388. The van der Waals surface area contributed by atoms with Crippen LogP contribution in [0.25, 0.3) is 28.1 Å². The SMILES string of the molecule is O=C(c1ccccc1O)c1nn(-c2ccccc2)c(-c2ccccc2)c1-c1ccccc1. The van der Waals surface area contributed by atoms with Crippen LogP contribution in [0.4, 0.5) is 0 Å². The normalized spacial score (nSPS) is 10.8. The first-order valence-corrected chi connectivity index (χ1v) is 10.4. The molecule has 0 aliphatic rings. The van der Waals surface area contributed by atoms with Crippen LogP contribution in [0, 0.1) is 0 Å². The van der Waals surface area contributed by atoms with Gasteiger partial charge in [-0.15, -0.1) is 0 Å². The van der Waals surface area contributed by atoms with Crippen molar-refractivity contribution in [3.8, 4) is 33.8 Å². The van der Waals surface area contributed by atoms with Gasteiger partial charge in [-0.05, 0) is 29.8 Å². The lowest BCUT2D eigenvalue weighted by Gasteiger charge is -2.10. The summed E-state index contributed by atoms with van der Waals surface area (Å²) in [7, 11) is 0. The fourth-order valence-corrected chi connectivity index (χ4v) is 3.87. The highest BCUT2D eigenvalue weighted by molar-refractivity contribution is 6.14. The Bertz CT molecular complexity index is 1380. The van der Waals surface area contributed by atoms with Crippen molar-refractivity contribution in [2.45, 2.75) is 0 Å². The first kappa shape index (κ1) is 19.5. The molecule has 0 atom stereocenters. The van der Waals surface area contributed by atoms with E-state index in [1.54, 1.807) is 18.2 Å². The Labute approximate surface area is 186 Å². The molecule has 5 aromatic rings. The predicted octanol–water partition coefficient (Wildman–Crippen LogP) is 6.14. The van der Waals surface area contributed by atoms with Crippen molar-refractivity contribution >= 4 is 5.78 Å². The van der Waals surface area contributed by atoms with E-state index in [0.717, 1.165) is 28.1 Å². The standard InChI is InChI=1S/C28H20N2O2/c31-24-19-11-10-18-23(24)28(32)26-25(20-12-4-1-5-13-20)27(21-14-6-2-7-15-21)30(29-26)22-16-8-3-9-17-22/h1-19,31H. The minimum Gasteiger partial charge on any atom is -0.507 e. The van der Waals surface area contributed by atoms with E-state index >= 15 is 0 Å². The van der Waals surface area contributed by atoms with Crippen LogP contribution in [0.1, 0.15) is 16.1 Å². The average molecular weight is 416 g/mol. The third kappa shape index (κ3) is 3.48. The molecule has 0 spiro atoms. The molecule has 1 N–H and O–H groups in total. The monoisotopic (exact) mass is 416 g/mol. The van der Waals surface area contributed by atoms with E-state index in [1.807, 2.05) is 95.7 Å². The number of para-hydroxylation sites is 2. The van der Waals surface area contributed by atoms with Gasteiger partial charge in [0.15, 0.2) is 0 Å². The average Bonchev–Trinajstić information content (AvgIpc) is 3.26. The van der Waals surface area contributed by atoms with E-state index in [-0.39, 0.29) is 17.1 Å². The molecule has 154 valence electrons. The third-order valence-electron chi connectivity index (χ3n) is 5.36. The Morgan fingerprint density at radius 3 is 1.81 bits per heavy atom. The lowest BCUT2D eigenvalue weighted by atomic mass is 9.95. The van der Waals surface area contributed by atoms with Gasteiger partial charge in [0.25, 0.3) is 0 Å². The van der Waals surface area contributed by atoms with Crippen molar-refractivity contribution in [2.75, 3.05) is 0 Å². The largest absolute Gasteiger partial charge is 0.507 e. The van der Waals surface area contributed by atoms with Gasteiger partial charge in [-0.3, -0.25) is 4.79 Å². The van der Waals surface area contributed by atoms with Gasteiger partial charge in [-0.25, -0.2) is 4.68 Å². The number of hydrogen-bond donors (Lipinski definition) is 1. The second kappa shape index (κ2) is 8.36. The number of benzene rings is 4. The molecule has 4 aromatic carbocycles. The summed E-state index contributed by atoms with van der Waals surface area (Å²) in [6.07, 6.45) is 0. The van der Waals surface area contributed by atoms with Crippen molar-refractivity contribution < 1.29 is 9.90 Å². The molecule has 0 radical (unpaired) electrons. The number of phenols is 1. The molecule has 0 bridgehead atoms. The minimum atomic E-state index is -0.325. The predicted molar refractivity (Wildman–Crippen MR) is 126 cm³/mol. The topological polar surface area (TPSA) is 55.1 Å². The second-order valence-corrected chi connectivity index (χ2v) is 7.40. The summed E-state index contributed by atoms with van der Waals surface area (Å²) in [5, 5.41) is 15.2. The summed E-state index contributed by atoms with van der Waals surface area (Å²) in [6, 6.07) is 36.0. The number of aromatic nitrogens is 2. The molecule has 5 rings (SSSR count). The van der Waals surface area contributed by atoms with Crippen LogP contribution >= 0.6 is 0 Å². The molecular weight excluding hydrogens is 396 g/mol. The van der Waals surface area contributed by atoms with Crippen molar-refractivity contribution in [1.82, 2.24) is 9.78 Å². The highest BCUT2D eigenvalue weighted by atomic mass is 16.3. The maximum Gasteiger partial charge on any atom is 0.217 e. The van der Waals surface area contributed by atoms with Gasteiger partial charge in [0, 0.05) is 11.1 Å². The number of phenolic OH excluding ortho intramolecular Hbond substituents is 1. The second-order valence-electron chi connectivity index (χ2n) is 7.40. The summed E-state index contributed by atoms with van der Waals surface area (Å²) in [5.41, 5.74) is 4.74. The van der Waals surface area contributed by atoms with E-state index in [9.17, 15) is 9.90 Å². The van der Waals surface area contributed by atoms with E-state index in [1.165, 1.54) is 6.07 Å². The van der Waals surface area contributed by atoms with Crippen LogP contribution in [-0.4, -0.2) is 20.7 Å². The van der Waals surface area contributed by atoms with Gasteiger partial charge in [-0.2, -0.15) is 5.10 Å². The molecule has 0 aliphatic carbocycles. The van der Waals surface area contributed by atoms with Crippen LogP contribution in [0.5, 0.6) is 5.75 Å². The van der Waals surface area contributed by atoms with E-state index in [4.69, 9.17) is 5.10 Å². The molecule has 1 aromatic heterocycles. The Morgan fingerprint density at radius 2 is 1.19 bits per heavy atom. The maximum atomic E-state index is 13.7. The highest BCUT2D eigenvalue weighted by Gasteiger charge is 2.27. The zero-order valence-electron chi connectivity index (χ0n) is 17.2. The number of rotatable bonds is 5. The van der Waals surface area contributed by atoms with Gasteiger partial charge >= 0.3 is 0 Å². The molecular formula is C28H20N2O2. The molecule has 4 nitrogen and oxygen atoms in total. The number of aromatic hydroxyl groups is 1. The summed E-state index contributed by atoms with van der Waals surface area (Å²) in [6.45, 7) is 0. The van der Waals surface area contributed by atoms with Crippen molar-refractivity contribution in [1.29, 1.82) is 0 Å². The Balaban J connectivity index is 1.86. The zero-order chi connectivity index (χ0) is 21.9. The van der Waals surface area contributed by atoms with Gasteiger partial charge in [0.1, 0.15) is 11.4 Å². The van der Waals surface area contributed by atoms with E-state index in [0.29, 0.717) is 5.69 Å². The fraction of sp³-hybridized carbons (Fsp3) is 0. The number of carbonyl (C=O) groups excluding carboxylic acids is 1. The summed E-state index contributed by atoms with van der Waals surface area (Å²) in [4.78, 5) is 13.7. The van der Waals surface area contributed by atoms with Crippen molar-refractivity contribution in [3.63, 3.8) is 0 Å². The Kier molecular flexibility index (Phi) is 5.10. The number of hydrogen-bond acceptors (Lipinski definition) is 3. The Morgan fingerprint density at radius 1 is 0.656 bits per heavy atom. The lowest BCUT2D eigenvalue weighted by Crippen LogP contribution is -2.05. The smallest absolute Gasteiger partial charge is 0.217 e. The van der Waals surface area contributed by atoms with Crippen LogP contribution in [-0.2, 0) is 0 Å². The van der Waals surface area contributed by atoms with Gasteiger partial charge < -0.3 is 5.11 Å². The zero-order valence-corrected chi connectivity index (χ0v) is 17.2. The molecule has 1 heterocycles. The first-order chi connectivity index (χ1) is 15.7. The molecule has 0 saturated carbocycles. The van der Waals surface area contributed by atoms with Gasteiger partial charge in [-0.1, -0.05) is 91.0 Å². The van der Waals surface area contributed by atoms with Crippen molar-refractivity contribution in [2.24, 2.45) is 0 Å². The molecule has 0 fully saturated rings. The third-order valence-corrected chi connectivity index (χ3v) is 5.36. The van der Waals surface area contributed by atoms with Crippen LogP contribution in [0.3, 0.4) is 0 Å². The quantitative estimate of drug-likeness (QED) is 0.350. The van der Waals surface area contributed by atoms with Crippen LogP contribution < -0.4 is 0 Å². The molecule has 32 heavy (non-hydrogen) atoms. The summed E-state index contributed by atoms with van der Waals surface area (Å²) < 4.78 is 1.81. The lowest BCUT2D eigenvalue weighted by molar-refractivity contribution is 0.103. The number of ketones is 1. The molecule has 0 saturated heterocycles. The highest BCUT2D eigenvalue weighted by Crippen LogP contribution is 2.38. The minimum absolute atomic E-state index is 0.0629. The first-order valence-electron chi connectivity index (χ1n) is 10.4. The Hall–Kier alpha value is -4.44. The number of carbonyl (C=O) groups is 1. The van der Waals surface area contributed by atoms with E-state index < -0.39 is 0 Å². The van der Waals surface area contributed by atoms with Crippen LogP contribution in [0.15, 0.2) is 115 Å². The maximum absolute atomic E-state index is 13.7. The fourth-order valence-electron chi connectivity index (χ4n) is 3.87. The molecule has 0 unspecified atom stereocenters. The molecule has 0 amide bonds. The van der Waals surface area contributed by atoms with Crippen molar-refractivity contribution in [3.05, 3.63) is 127 Å². The van der Waals surface area contributed by atoms with Gasteiger partial charge in [0.05, 0.1) is 16.9 Å². The summed E-state index contributed by atoms with van der Waals surface area (Å²) >= 11 is 0. The van der Waals surface area contributed by atoms with E-state index in [2.05, 4.69) is 0 Å².